The molecule has 0 bridgehead atoms. The minimum atomic E-state index is -0.411. The van der Waals surface area contributed by atoms with Crippen LogP contribution in [0.4, 0.5) is 5.69 Å². The van der Waals surface area contributed by atoms with E-state index in [0.29, 0.717) is 22.0 Å². The van der Waals surface area contributed by atoms with Gasteiger partial charge >= 0.3 is 0 Å². The first kappa shape index (κ1) is 20.6. The van der Waals surface area contributed by atoms with Gasteiger partial charge in [0.2, 0.25) is 0 Å². The van der Waals surface area contributed by atoms with Gasteiger partial charge < -0.3 is 15.2 Å². The predicted molar refractivity (Wildman–Crippen MR) is 113 cm³/mol. The number of carbonyl (C=O) groups excluding carboxylic acids is 2. The van der Waals surface area contributed by atoms with Crippen molar-refractivity contribution in [2.24, 2.45) is 0 Å². The molecule has 0 saturated carbocycles. The lowest BCUT2D eigenvalue weighted by Crippen LogP contribution is -2.42. The number of hydrogen-bond acceptors (Lipinski definition) is 4. The summed E-state index contributed by atoms with van der Waals surface area (Å²) in [7, 11) is 0. The fraction of sp³-hybridized carbons (Fsp3) is 0.227. The average Bonchev–Trinajstić information content (AvgIpc) is 3.19. The van der Waals surface area contributed by atoms with E-state index in [1.165, 1.54) is 0 Å². The van der Waals surface area contributed by atoms with Gasteiger partial charge in [-0.25, -0.2) is 0 Å². The van der Waals surface area contributed by atoms with E-state index in [0.717, 1.165) is 12.0 Å². The van der Waals surface area contributed by atoms with Crippen LogP contribution in [-0.4, -0.2) is 22.5 Å². The van der Waals surface area contributed by atoms with Crippen LogP contribution in [-0.2, 0) is 0 Å². The number of carbonyl (C=O) groups is 2. The van der Waals surface area contributed by atoms with Crippen molar-refractivity contribution in [2.75, 3.05) is 5.32 Å². The maximum atomic E-state index is 12.4. The number of anilines is 1. The summed E-state index contributed by atoms with van der Waals surface area (Å²) in [6.45, 7) is 5.95. The smallest absolute Gasteiger partial charge is 0.277 e. The van der Waals surface area contributed by atoms with Crippen molar-refractivity contribution in [3.63, 3.8) is 0 Å². The minimum Gasteiger partial charge on any atom is -0.355 e. The fourth-order valence-corrected chi connectivity index (χ4v) is 2.72. The minimum absolute atomic E-state index is 0.145. The maximum Gasteiger partial charge on any atom is 0.277 e. The summed E-state index contributed by atoms with van der Waals surface area (Å²) in [6, 6.07) is 15.3. The van der Waals surface area contributed by atoms with Gasteiger partial charge in [-0.3, -0.25) is 9.59 Å². The van der Waals surface area contributed by atoms with Crippen molar-refractivity contribution >= 4 is 29.1 Å². The van der Waals surface area contributed by atoms with E-state index in [9.17, 15) is 9.59 Å². The van der Waals surface area contributed by atoms with Gasteiger partial charge in [-0.05, 0) is 56.7 Å². The lowest BCUT2D eigenvalue weighted by atomic mass is 10.0. The first-order valence-corrected chi connectivity index (χ1v) is 9.62. The zero-order valence-electron chi connectivity index (χ0n) is 16.5. The molecule has 0 aliphatic heterocycles. The molecule has 6 nitrogen and oxygen atoms in total. The molecular weight excluding hydrogens is 390 g/mol. The SMILES string of the molecule is CCC(C)(C)NC(=O)c1ccc(NC(=O)c2cc(-c3cccc(Cl)c3)on2)cc1. The van der Waals surface area contributed by atoms with E-state index in [1.54, 1.807) is 48.5 Å². The molecule has 3 aromatic rings. The molecule has 0 saturated heterocycles. The Balaban J connectivity index is 1.66. The Morgan fingerprint density at radius 1 is 1.07 bits per heavy atom. The topological polar surface area (TPSA) is 84.2 Å². The Morgan fingerprint density at radius 2 is 1.79 bits per heavy atom. The number of benzene rings is 2. The van der Waals surface area contributed by atoms with Crippen molar-refractivity contribution < 1.29 is 14.1 Å². The van der Waals surface area contributed by atoms with Gasteiger partial charge in [0.1, 0.15) is 0 Å². The normalized spacial score (nSPS) is 11.2. The summed E-state index contributed by atoms with van der Waals surface area (Å²) < 4.78 is 5.25. The quantitative estimate of drug-likeness (QED) is 0.586. The predicted octanol–water partition coefficient (Wildman–Crippen LogP) is 5.17. The van der Waals surface area contributed by atoms with Crippen LogP contribution in [0.15, 0.2) is 59.1 Å². The third kappa shape index (κ3) is 5.23. The summed E-state index contributed by atoms with van der Waals surface area (Å²) in [5.74, 6) is -0.119. The van der Waals surface area contributed by atoms with Gasteiger partial charge in [-0.15, -0.1) is 0 Å². The Labute approximate surface area is 174 Å². The third-order valence-electron chi connectivity index (χ3n) is 4.59. The molecule has 150 valence electrons. The molecule has 3 rings (SSSR count). The van der Waals surface area contributed by atoms with E-state index in [4.69, 9.17) is 16.1 Å². The maximum absolute atomic E-state index is 12.4. The molecule has 7 heteroatoms. The second-order valence-corrected chi connectivity index (χ2v) is 7.75. The van der Waals surface area contributed by atoms with E-state index in [2.05, 4.69) is 15.8 Å². The van der Waals surface area contributed by atoms with Crippen LogP contribution >= 0.6 is 11.6 Å². The van der Waals surface area contributed by atoms with Gasteiger partial charge in [-0.1, -0.05) is 35.8 Å². The third-order valence-corrected chi connectivity index (χ3v) is 4.83. The summed E-state index contributed by atoms with van der Waals surface area (Å²) in [6.07, 6.45) is 0.821. The number of hydrogen-bond donors (Lipinski definition) is 2. The van der Waals surface area contributed by atoms with Crippen molar-refractivity contribution in [1.82, 2.24) is 10.5 Å². The second kappa shape index (κ2) is 8.49. The van der Waals surface area contributed by atoms with Gasteiger partial charge in [0, 0.05) is 33.4 Å². The average molecular weight is 412 g/mol. The Bertz CT molecular complexity index is 1030. The molecule has 29 heavy (non-hydrogen) atoms. The van der Waals surface area contributed by atoms with Crippen molar-refractivity contribution in [3.8, 4) is 11.3 Å². The van der Waals surface area contributed by atoms with E-state index in [1.807, 2.05) is 26.8 Å². The van der Waals surface area contributed by atoms with Crippen LogP contribution in [0.1, 0.15) is 48.0 Å². The van der Waals surface area contributed by atoms with Crippen LogP contribution in [0, 0.1) is 0 Å². The molecule has 0 fully saturated rings. The highest BCUT2D eigenvalue weighted by molar-refractivity contribution is 6.30. The van der Waals surface area contributed by atoms with Crippen LogP contribution in [0.25, 0.3) is 11.3 Å². The highest BCUT2D eigenvalue weighted by Crippen LogP contribution is 2.24. The van der Waals surface area contributed by atoms with E-state index < -0.39 is 5.91 Å². The first-order chi connectivity index (χ1) is 13.8. The molecular formula is C22H22ClN3O3. The monoisotopic (exact) mass is 411 g/mol. The summed E-state index contributed by atoms with van der Waals surface area (Å²) >= 11 is 5.98. The molecule has 0 atom stereocenters. The molecule has 0 aliphatic rings. The number of aromatic nitrogens is 1. The van der Waals surface area contributed by atoms with Crippen LogP contribution in [0.2, 0.25) is 5.02 Å². The molecule has 2 aromatic carbocycles. The van der Waals surface area contributed by atoms with Crippen molar-refractivity contribution in [1.29, 1.82) is 0 Å². The molecule has 0 aliphatic carbocycles. The number of nitrogens with one attached hydrogen (secondary N) is 2. The molecule has 2 amide bonds. The number of rotatable bonds is 6. The molecule has 1 heterocycles. The van der Waals surface area contributed by atoms with Gasteiger partial charge in [0.25, 0.3) is 11.8 Å². The second-order valence-electron chi connectivity index (χ2n) is 7.31. The summed E-state index contributed by atoms with van der Waals surface area (Å²) in [5.41, 5.74) is 1.67. The fourth-order valence-electron chi connectivity index (χ4n) is 2.53. The van der Waals surface area contributed by atoms with E-state index in [-0.39, 0.29) is 17.1 Å². The Kier molecular flexibility index (Phi) is 6.03. The van der Waals surface area contributed by atoms with Gasteiger partial charge in [-0.2, -0.15) is 0 Å². The molecule has 0 unspecified atom stereocenters. The highest BCUT2D eigenvalue weighted by Gasteiger charge is 2.19. The molecule has 0 radical (unpaired) electrons. The van der Waals surface area contributed by atoms with Crippen molar-refractivity contribution in [3.05, 3.63) is 70.9 Å². The summed E-state index contributed by atoms with van der Waals surface area (Å²) in [5, 5.41) is 10.1. The summed E-state index contributed by atoms with van der Waals surface area (Å²) in [4.78, 5) is 24.7. The largest absolute Gasteiger partial charge is 0.355 e. The lowest BCUT2D eigenvalue weighted by molar-refractivity contribution is 0.0910. The van der Waals surface area contributed by atoms with Crippen LogP contribution in [0.5, 0.6) is 0 Å². The van der Waals surface area contributed by atoms with Gasteiger partial charge in [0.15, 0.2) is 11.5 Å². The molecule has 1 aromatic heterocycles. The molecule has 0 spiro atoms. The van der Waals surface area contributed by atoms with Crippen LogP contribution < -0.4 is 10.6 Å². The highest BCUT2D eigenvalue weighted by atomic mass is 35.5. The van der Waals surface area contributed by atoms with Crippen LogP contribution in [0.3, 0.4) is 0 Å². The molecule has 2 N–H and O–H groups in total. The lowest BCUT2D eigenvalue weighted by Gasteiger charge is -2.24. The van der Waals surface area contributed by atoms with E-state index >= 15 is 0 Å². The van der Waals surface area contributed by atoms with Crippen molar-refractivity contribution in [2.45, 2.75) is 32.7 Å². The Hall–Kier alpha value is -3.12. The standard InChI is InChI=1S/C22H22ClN3O3/c1-4-22(2,3)25-20(27)14-8-10-17(11-9-14)24-21(28)18-13-19(29-26-18)15-6-5-7-16(23)12-15/h5-13H,4H2,1-3H3,(H,24,28)(H,25,27). The Morgan fingerprint density at radius 3 is 2.45 bits per heavy atom. The number of amides is 2. The van der Waals surface area contributed by atoms with Gasteiger partial charge in [0.05, 0.1) is 0 Å². The number of nitrogens with zero attached hydrogens (tertiary/aromatic N) is 1. The zero-order valence-corrected chi connectivity index (χ0v) is 17.2. The zero-order chi connectivity index (χ0) is 21.0. The number of halogens is 1. The first-order valence-electron chi connectivity index (χ1n) is 9.24.